The fourth-order valence-corrected chi connectivity index (χ4v) is 1.82. The van der Waals surface area contributed by atoms with E-state index in [1.807, 2.05) is 0 Å². The Labute approximate surface area is 101 Å². The number of hydrogen-bond acceptors (Lipinski definition) is 6. The summed E-state index contributed by atoms with van der Waals surface area (Å²) in [6.45, 7) is 0. The van der Waals surface area contributed by atoms with Gasteiger partial charge in [0.2, 0.25) is 5.65 Å². The minimum absolute atomic E-state index is 0.297. The van der Waals surface area contributed by atoms with E-state index in [2.05, 4.69) is 19.9 Å². The molecular formula is C11H9N5O2. The van der Waals surface area contributed by atoms with Gasteiger partial charge in [-0.3, -0.25) is 4.40 Å². The summed E-state index contributed by atoms with van der Waals surface area (Å²) in [4.78, 5) is 15.7. The van der Waals surface area contributed by atoms with Crippen LogP contribution in [0.4, 0.5) is 5.82 Å². The van der Waals surface area contributed by atoms with Crippen LogP contribution in [0.3, 0.4) is 0 Å². The second-order valence-electron chi connectivity index (χ2n) is 3.72. The molecule has 2 heterocycles. The van der Waals surface area contributed by atoms with Crippen molar-refractivity contribution in [2.24, 2.45) is 0 Å². The van der Waals surface area contributed by atoms with Crippen LogP contribution < -0.4 is 5.73 Å². The molecule has 3 aromatic rings. The van der Waals surface area contributed by atoms with Crippen LogP contribution in [0.1, 0.15) is 10.4 Å². The smallest absolute Gasteiger partial charge is 0.337 e. The molecule has 0 radical (unpaired) electrons. The number of methoxy groups -OCH3 is 1. The Balaban J connectivity index is 2.38. The third-order valence-corrected chi connectivity index (χ3v) is 2.67. The Morgan fingerprint density at radius 3 is 3.06 bits per heavy atom. The van der Waals surface area contributed by atoms with Crippen molar-refractivity contribution < 1.29 is 9.53 Å². The maximum absolute atomic E-state index is 11.5. The Hall–Kier alpha value is -2.70. The number of aromatic nitrogens is 4. The van der Waals surface area contributed by atoms with E-state index in [-0.39, 0.29) is 0 Å². The quantitative estimate of drug-likeness (QED) is 0.630. The van der Waals surface area contributed by atoms with Crippen molar-refractivity contribution in [2.45, 2.75) is 0 Å². The number of fused-ring (bicyclic) bond motifs is 3. The molecule has 0 fully saturated rings. The molecule has 0 saturated carbocycles. The first-order chi connectivity index (χ1) is 8.70. The van der Waals surface area contributed by atoms with E-state index >= 15 is 0 Å². The second kappa shape index (κ2) is 3.66. The highest BCUT2D eigenvalue weighted by Crippen LogP contribution is 2.19. The van der Waals surface area contributed by atoms with Gasteiger partial charge in [-0.05, 0) is 18.2 Å². The van der Waals surface area contributed by atoms with Gasteiger partial charge in [-0.25, -0.2) is 9.78 Å². The number of benzene rings is 1. The molecule has 3 rings (SSSR count). The molecule has 0 amide bonds. The Bertz CT molecular complexity index is 765. The van der Waals surface area contributed by atoms with Gasteiger partial charge in [0, 0.05) is 0 Å². The predicted molar refractivity (Wildman–Crippen MR) is 64.0 cm³/mol. The number of ether oxygens (including phenoxy) is 1. The number of nitrogens with zero attached hydrogens (tertiary/aromatic N) is 4. The number of esters is 1. The summed E-state index contributed by atoms with van der Waals surface area (Å²) in [5.41, 5.74) is 8.02. The lowest BCUT2D eigenvalue weighted by Crippen LogP contribution is -2.03. The molecule has 2 aromatic heterocycles. The van der Waals surface area contributed by atoms with Crippen molar-refractivity contribution in [3.05, 3.63) is 30.1 Å². The predicted octanol–water partition coefficient (Wildman–Crippen LogP) is 0.646. The highest BCUT2D eigenvalue weighted by molar-refractivity contribution is 5.94. The lowest BCUT2D eigenvalue weighted by molar-refractivity contribution is 0.0601. The summed E-state index contributed by atoms with van der Waals surface area (Å²) in [5.74, 6) is -0.110. The number of nitrogens with two attached hydrogens (primary N) is 1. The van der Waals surface area contributed by atoms with E-state index in [1.165, 1.54) is 13.4 Å². The lowest BCUT2D eigenvalue weighted by atomic mass is 10.2. The molecule has 0 aliphatic rings. The van der Waals surface area contributed by atoms with Crippen LogP contribution in [0.15, 0.2) is 24.5 Å². The first kappa shape index (κ1) is 10.5. The van der Waals surface area contributed by atoms with Crippen molar-refractivity contribution in [3.8, 4) is 0 Å². The molecule has 7 heteroatoms. The molecule has 90 valence electrons. The number of anilines is 1. The summed E-state index contributed by atoms with van der Waals surface area (Å²) < 4.78 is 6.36. The minimum atomic E-state index is -0.407. The Morgan fingerprint density at radius 1 is 1.44 bits per heavy atom. The van der Waals surface area contributed by atoms with E-state index in [1.54, 1.807) is 22.6 Å². The fraction of sp³-hybridized carbons (Fsp3) is 0.0909. The summed E-state index contributed by atoms with van der Waals surface area (Å²) in [7, 11) is 1.34. The van der Waals surface area contributed by atoms with Gasteiger partial charge in [-0.2, -0.15) is 0 Å². The lowest BCUT2D eigenvalue weighted by Gasteiger charge is -2.05. The van der Waals surface area contributed by atoms with Gasteiger partial charge in [0.25, 0.3) is 0 Å². The van der Waals surface area contributed by atoms with Gasteiger partial charge in [-0.1, -0.05) is 0 Å². The zero-order chi connectivity index (χ0) is 12.7. The SMILES string of the molecule is COC(=O)c1ccc2nc(N)c3nncn3c2c1. The molecular weight excluding hydrogens is 234 g/mol. The van der Waals surface area contributed by atoms with E-state index in [0.717, 1.165) is 0 Å². The first-order valence-corrected chi connectivity index (χ1v) is 5.18. The van der Waals surface area contributed by atoms with Crippen LogP contribution in [0.5, 0.6) is 0 Å². The second-order valence-corrected chi connectivity index (χ2v) is 3.72. The normalized spacial score (nSPS) is 10.9. The Kier molecular flexibility index (Phi) is 2.12. The molecule has 0 unspecified atom stereocenters. The minimum Gasteiger partial charge on any atom is -0.465 e. The molecule has 0 aliphatic carbocycles. The van der Waals surface area contributed by atoms with Crippen molar-refractivity contribution in [1.29, 1.82) is 0 Å². The number of rotatable bonds is 1. The zero-order valence-electron chi connectivity index (χ0n) is 9.49. The van der Waals surface area contributed by atoms with Crippen molar-refractivity contribution in [2.75, 3.05) is 12.8 Å². The molecule has 1 aromatic carbocycles. The highest BCUT2D eigenvalue weighted by atomic mass is 16.5. The van der Waals surface area contributed by atoms with Crippen molar-refractivity contribution >= 4 is 28.5 Å². The maximum atomic E-state index is 11.5. The van der Waals surface area contributed by atoms with Crippen LogP contribution in [-0.4, -0.2) is 32.7 Å². The molecule has 18 heavy (non-hydrogen) atoms. The number of carbonyl (C=O) groups is 1. The summed E-state index contributed by atoms with van der Waals surface area (Å²) in [5, 5.41) is 7.66. The van der Waals surface area contributed by atoms with Gasteiger partial charge in [0.1, 0.15) is 6.33 Å². The fourth-order valence-electron chi connectivity index (χ4n) is 1.82. The molecule has 7 nitrogen and oxygen atoms in total. The summed E-state index contributed by atoms with van der Waals surface area (Å²) in [6, 6.07) is 5.01. The zero-order valence-corrected chi connectivity index (χ0v) is 9.49. The third kappa shape index (κ3) is 1.37. The first-order valence-electron chi connectivity index (χ1n) is 5.18. The van der Waals surface area contributed by atoms with Crippen LogP contribution >= 0.6 is 0 Å². The summed E-state index contributed by atoms with van der Waals surface area (Å²) in [6.07, 6.45) is 1.52. The summed E-state index contributed by atoms with van der Waals surface area (Å²) >= 11 is 0. The molecule has 0 saturated heterocycles. The maximum Gasteiger partial charge on any atom is 0.337 e. The number of carbonyl (C=O) groups excluding carboxylic acids is 1. The van der Waals surface area contributed by atoms with Gasteiger partial charge in [0.15, 0.2) is 5.82 Å². The topological polar surface area (TPSA) is 95.4 Å². The van der Waals surface area contributed by atoms with E-state index in [0.29, 0.717) is 28.1 Å². The molecule has 0 atom stereocenters. The van der Waals surface area contributed by atoms with Crippen LogP contribution in [0, 0.1) is 0 Å². The average Bonchev–Trinajstić information content (AvgIpc) is 2.88. The van der Waals surface area contributed by atoms with Gasteiger partial charge in [0.05, 0.1) is 23.7 Å². The van der Waals surface area contributed by atoms with E-state index < -0.39 is 5.97 Å². The van der Waals surface area contributed by atoms with Gasteiger partial charge in [-0.15, -0.1) is 10.2 Å². The van der Waals surface area contributed by atoms with Crippen LogP contribution in [-0.2, 0) is 4.74 Å². The van der Waals surface area contributed by atoms with E-state index in [9.17, 15) is 4.79 Å². The Morgan fingerprint density at radius 2 is 2.28 bits per heavy atom. The van der Waals surface area contributed by atoms with Gasteiger partial charge >= 0.3 is 5.97 Å². The molecule has 0 bridgehead atoms. The molecule has 2 N–H and O–H groups in total. The number of hydrogen-bond donors (Lipinski definition) is 1. The van der Waals surface area contributed by atoms with E-state index in [4.69, 9.17) is 5.73 Å². The number of nitrogen functional groups attached to an aromatic ring is 1. The highest BCUT2D eigenvalue weighted by Gasteiger charge is 2.11. The van der Waals surface area contributed by atoms with Crippen molar-refractivity contribution in [1.82, 2.24) is 19.6 Å². The largest absolute Gasteiger partial charge is 0.465 e. The average molecular weight is 243 g/mol. The van der Waals surface area contributed by atoms with Crippen molar-refractivity contribution in [3.63, 3.8) is 0 Å². The third-order valence-electron chi connectivity index (χ3n) is 2.67. The van der Waals surface area contributed by atoms with Crippen LogP contribution in [0.25, 0.3) is 16.7 Å². The monoisotopic (exact) mass is 243 g/mol. The van der Waals surface area contributed by atoms with Gasteiger partial charge < -0.3 is 10.5 Å². The molecule has 0 aliphatic heterocycles. The van der Waals surface area contributed by atoms with Crippen LogP contribution in [0.2, 0.25) is 0 Å². The molecule has 0 spiro atoms. The standard InChI is InChI=1S/C11H9N5O2/c1-18-11(17)6-2-3-7-8(4-6)16-5-13-15-10(16)9(12)14-7/h2-5H,1H3,(H2,12,14).